The van der Waals surface area contributed by atoms with Gasteiger partial charge in [-0.1, -0.05) is 24.3 Å². The molecule has 8 nitrogen and oxygen atoms in total. The third kappa shape index (κ3) is 5.83. The molecule has 1 aliphatic carbocycles. The SMILES string of the molecule is O=C(O)CCC/C=C\C[C@H]1[C@H](F)CC[C@@H]1NS(=O)(=O)c1ccccc1[N+](=O)[O-]. The zero-order chi connectivity index (χ0) is 20.7. The highest BCUT2D eigenvalue weighted by Crippen LogP contribution is 2.33. The maximum absolute atomic E-state index is 14.2. The lowest BCUT2D eigenvalue weighted by molar-refractivity contribution is -0.387. The molecule has 28 heavy (non-hydrogen) atoms. The van der Waals surface area contributed by atoms with Crippen LogP contribution in [0.5, 0.6) is 0 Å². The van der Waals surface area contributed by atoms with E-state index in [9.17, 15) is 27.7 Å². The van der Waals surface area contributed by atoms with Gasteiger partial charge in [0.2, 0.25) is 10.0 Å². The maximum Gasteiger partial charge on any atom is 0.303 e. The van der Waals surface area contributed by atoms with Crippen molar-refractivity contribution >= 4 is 21.7 Å². The molecule has 0 spiro atoms. The minimum atomic E-state index is -4.17. The van der Waals surface area contributed by atoms with Crippen molar-refractivity contribution in [2.45, 2.75) is 55.6 Å². The Morgan fingerprint density at radius 3 is 2.71 bits per heavy atom. The van der Waals surface area contributed by atoms with Crippen molar-refractivity contribution in [3.63, 3.8) is 0 Å². The van der Waals surface area contributed by atoms with Gasteiger partial charge in [0.15, 0.2) is 4.90 Å². The number of carboxylic acids is 1. The number of halogens is 1. The standard InChI is InChI=1S/C18H23FN2O6S/c19-14-11-12-15(13(14)7-3-1-2-4-10-18(22)23)20-28(26,27)17-9-6-5-8-16(17)21(24)25/h1,3,5-6,8-9,13-15,20H,2,4,7,10-12H2,(H,22,23)/b3-1-/t13-,14+,15-/m0/s1. The van der Waals surface area contributed by atoms with Crippen LogP contribution in [-0.4, -0.2) is 36.6 Å². The van der Waals surface area contributed by atoms with Gasteiger partial charge in [-0.15, -0.1) is 0 Å². The molecule has 0 heterocycles. The van der Waals surface area contributed by atoms with Crippen molar-refractivity contribution in [2.75, 3.05) is 0 Å². The van der Waals surface area contributed by atoms with Gasteiger partial charge in [-0.25, -0.2) is 17.5 Å². The topological polar surface area (TPSA) is 127 Å². The molecule has 1 aliphatic rings. The molecule has 0 amide bonds. The predicted molar refractivity (Wildman–Crippen MR) is 100 cm³/mol. The molecule has 1 aromatic rings. The summed E-state index contributed by atoms with van der Waals surface area (Å²) in [6, 6.07) is 4.37. The van der Waals surface area contributed by atoms with Crippen LogP contribution in [0.25, 0.3) is 0 Å². The number of hydrogen-bond donors (Lipinski definition) is 2. The summed E-state index contributed by atoms with van der Waals surface area (Å²) < 4.78 is 41.9. The molecule has 10 heteroatoms. The lowest BCUT2D eigenvalue weighted by atomic mass is 9.98. The first-order chi connectivity index (χ1) is 13.2. The monoisotopic (exact) mass is 414 g/mol. The van der Waals surface area contributed by atoms with Crippen molar-refractivity contribution < 1.29 is 27.6 Å². The van der Waals surface area contributed by atoms with Crippen LogP contribution in [0.4, 0.5) is 10.1 Å². The number of benzene rings is 1. The second kappa shape index (κ2) is 9.74. The summed E-state index contributed by atoms with van der Waals surface area (Å²) in [4.78, 5) is 20.4. The highest BCUT2D eigenvalue weighted by Gasteiger charge is 2.39. The van der Waals surface area contributed by atoms with Crippen LogP contribution in [-0.2, 0) is 14.8 Å². The zero-order valence-corrected chi connectivity index (χ0v) is 16.0. The molecule has 0 aliphatic heterocycles. The van der Waals surface area contributed by atoms with Gasteiger partial charge >= 0.3 is 5.97 Å². The number of nitro groups is 1. The molecule has 0 saturated heterocycles. The van der Waals surface area contributed by atoms with E-state index in [0.717, 1.165) is 12.1 Å². The third-order valence-corrected chi connectivity index (χ3v) is 6.27. The predicted octanol–water partition coefficient (Wildman–Crippen LogP) is 3.19. The second-order valence-corrected chi connectivity index (χ2v) is 8.39. The molecule has 1 fully saturated rings. The fourth-order valence-electron chi connectivity index (χ4n) is 3.32. The molecule has 0 bridgehead atoms. The smallest absolute Gasteiger partial charge is 0.303 e. The summed E-state index contributed by atoms with van der Waals surface area (Å²) in [7, 11) is -4.17. The molecular formula is C18H23FN2O6S. The number of nitrogens with zero attached hydrogens (tertiary/aromatic N) is 1. The van der Waals surface area contributed by atoms with E-state index in [4.69, 9.17) is 5.11 Å². The van der Waals surface area contributed by atoms with Crippen molar-refractivity contribution in [1.29, 1.82) is 0 Å². The number of aliphatic carboxylic acids is 1. The molecule has 154 valence electrons. The molecule has 1 saturated carbocycles. The first-order valence-corrected chi connectivity index (χ1v) is 10.5. The van der Waals surface area contributed by atoms with Crippen LogP contribution >= 0.6 is 0 Å². The Hall–Kier alpha value is -2.33. The zero-order valence-electron chi connectivity index (χ0n) is 15.2. The van der Waals surface area contributed by atoms with Crippen LogP contribution in [0.1, 0.15) is 38.5 Å². The van der Waals surface area contributed by atoms with Crippen LogP contribution < -0.4 is 4.72 Å². The number of alkyl halides is 1. The van der Waals surface area contributed by atoms with E-state index < -0.39 is 49.6 Å². The van der Waals surface area contributed by atoms with Gasteiger partial charge in [0, 0.05) is 24.4 Å². The summed E-state index contributed by atoms with van der Waals surface area (Å²) in [5.41, 5.74) is -0.528. The summed E-state index contributed by atoms with van der Waals surface area (Å²) in [5.74, 6) is -1.45. The number of para-hydroxylation sites is 1. The summed E-state index contributed by atoms with van der Waals surface area (Å²) >= 11 is 0. The first kappa shape index (κ1) is 22.0. The number of allylic oxidation sites excluding steroid dienone is 2. The number of rotatable bonds is 10. The van der Waals surface area contributed by atoms with Crippen LogP contribution in [0.15, 0.2) is 41.3 Å². The summed E-state index contributed by atoms with van der Waals surface area (Å²) in [6.45, 7) is 0. The number of hydrogen-bond acceptors (Lipinski definition) is 5. The number of carbonyl (C=O) groups is 1. The molecule has 3 atom stereocenters. The van der Waals surface area contributed by atoms with Crippen molar-refractivity contribution in [2.24, 2.45) is 5.92 Å². The van der Waals surface area contributed by atoms with Crippen LogP contribution in [0, 0.1) is 16.0 Å². The normalized spacial score (nSPS) is 22.5. The van der Waals surface area contributed by atoms with E-state index in [1.807, 2.05) is 0 Å². The number of sulfonamides is 1. The molecule has 0 aromatic heterocycles. The van der Waals surface area contributed by atoms with E-state index >= 15 is 0 Å². The van der Waals surface area contributed by atoms with E-state index in [2.05, 4.69) is 4.72 Å². The van der Waals surface area contributed by atoms with Gasteiger partial charge < -0.3 is 5.11 Å². The molecule has 0 unspecified atom stereocenters. The Morgan fingerprint density at radius 1 is 1.32 bits per heavy atom. The third-order valence-electron chi connectivity index (χ3n) is 4.73. The summed E-state index contributed by atoms with van der Waals surface area (Å²) in [5, 5.41) is 19.7. The molecule has 1 aromatic carbocycles. The van der Waals surface area contributed by atoms with E-state index in [0.29, 0.717) is 25.7 Å². The van der Waals surface area contributed by atoms with Gasteiger partial charge in [-0.05, 0) is 38.2 Å². The number of unbranched alkanes of at least 4 members (excludes halogenated alkanes) is 1. The Morgan fingerprint density at radius 2 is 2.04 bits per heavy atom. The summed E-state index contributed by atoms with van der Waals surface area (Å²) in [6.07, 6.45) is 4.21. The lowest BCUT2D eigenvalue weighted by Gasteiger charge is -2.21. The molecular weight excluding hydrogens is 391 g/mol. The molecule has 0 radical (unpaired) electrons. The van der Waals surface area contributed by atoms with Crippen molar-refractivity contribution in [3.05, 3.63) is 46.5 Å². The fraction of sp³-hybridized carbons (Fsp3) is 0.500. The second-order valence-electron chi connectivity index (χ2n) is 6.70. The van der Waals surface area contributed by atoms with Gasteiger partial charge in [-0.3, -0.25) is 14.9 Å². The van der Waals surface area contributed by atoms with Gasteiger partial charge in [0.25, 0.3) is 5.69 Å². The highest BCUT2D eigenvalue weighted by atomic mass is 32.2. The minimum Gasteiger partial charge on any atom is -0.481 e. The van der Waals surface area contributed by atoms with E-state index in [1.165, 1.54) is 12.1 Å². The van der Waals surface area contributed by atoms with E-state index in [1.54, 1.807) is 12.2 Å². The lowest BCUT2D eigenvalue weighted by Crippen LogP contribution is -2.39. The van der Waals surface area contributed by atoms with Crippen LogP contribution in [0.2, 0.25) is 0 Å². The van der Waals surface area contributed by atoms with Gasteiger partial charge in [0.1, 0.15) is 6.17 Å². The number of nitro benzene ring substituents is 1. The largest absolute Gasteiger partial charge is 0.481 e. The van der Waals surface area contributed by atoms with Crippen LogP contribution in [0.3, 0.4) is 0 Å². The average Bonchev–Trinajstić information content (AvgIpc) is 2.97. The highest BCUT2D eigenvalue weighted by molar-refractivity contribution is 7.89. The minimum absolute atomic E-state index is 0.0534. The van der Waals surface area contributed by atoms with Gasteiger partial charge in [0.05, 0.1) is 4.92 Å². The quantitative estimate of drug-likeness (QED) is 0.262. The maximum atomic E-state index is 14.2. The molecule has 2 rings (SSSR count). The molecule has 2 N–H and O–H groups in total. The Labute approximate surface area is 162 Å². The first-order valence-electron chi connectivity index (χ1n) is 8.99. The van der Waals surface area contributed by atoms with Gasteiger partial charge in [-0.2, -0.15) is 0 Å². The van der Waals surface area contributed by atoms with E-state index in [-0.39, 0.29) is 12.8 Å². The number of nitrogens with one attached hydrogen (secondary N) is 1. The van der Waals surface area contributed by atoms with Crippen molar-refractivity contribution in [3.8, 4) is 0 Å². The Bertz CT molecular complexity index is 842. The van der Waals surface area contributed by atoms with Crippen molar-refractivity contribution in [1.82, 2.24) is 4.72 Å². The Kier molecular flexibility index (Phi) is 7.64. The fourth-order valence-corrected chi connectivity index (χ4v) is 4.81. The Balaban J connectivity index is 2.04. The average molecular weight is 414 g/mol. The number of carboxylic acid groups (broad SMARTS) is 1.